The Hall–Kier alpha value is -3.01. The van der Waals surface area contributed by atoms with E-state index < -0.39 is 17.9 Å². The molecule has 1 atom stereocenters. The first-order valence-corrected chi connectivity index (χ1v) is 9.20. The molecule has 0 aliphatic heterocycles. The number of amides is 1. The molecule has 150 valence electrons. The summed E-state index contributed by atoms with van der Waals surface area (Å²) >= 11 is 11.8. The lowest BCUT2D eigenvalue weighted by Crippen LogP contribution is -2.42. The maximum absolute atomic E-state index is 12.4. The third-order valence-corrected chi connectivity index (χ3v) is 4.32. The highest BCUT2D eigenvalue weighted by Crippen LogP contribution is 2.24. The summed E-state index contributed by atoms with van der Waals surface area (Å²) in [6.45, 7) is -0.221. The van der Waals surface area contributed by atoms with Gasteiger partial charge in [-0.3, -0.25) is 19.9 Å². The van der Waals surface area contributed by atoms with Crippen LogP contribution in [0.4, 0.5) is 5.69 Å². The molecule has 3 aromatic rings. The lowest BCUT2D eigenvalue weighted by Gasteiger charge is -2.15. The number of carbonyl (C=O) groups is 2. The van der Waals surface area contributed by atoms with E-state index in [9.17, 15) is 14.7 Å². The number of carboxylic acids is 1. The number of carboxylic acid groups (broad SMARTS) is 1. The Kier molecular flexibility index (Phi) is 6.76. The summed E-state index contributed by atoms with van der Waals surface area (Å²) in [7, 11) is 0. The van der Waals surface area contributed by atoms with E-state index in [4.69, 9.17) is 23.2 Å². The maximum Gasteiger partial charge on any atom is 0.321 e. The number of aromatic nitrogens is 4. The van der Waals surface area contributed by atoms with Gasteiger partial charge >= 0.3 is 5.97 Å². The van der Waals surface area contributed by atoms with Crippen molar-refractivity contribution < 1.29 is 14.7 Å². The van der Waals surface area contributed by atoms with E-state index in [2.05, 4.69) is 25.9 Å². The summed E-state index contributed by atoms with van der Waals surface area (Å²) in [5, 5.41) is 23.0. The van der Waals surface area contributed by atoms with Crippen molar-refractivity contribution in [3.63, 3.8) is 0 Å². The van der Waals surface area contributed by atoms with Crippen molar-refractivity contribution in [3.8, 4) is 5.69 Å². The Bertz CT molecular complexity index is 1010. The van der Waals surface area contributed by atoms with Gasteiger partial charge in [0.25, 0.3) is 0 Å². The molecule has 9 nitrogen and oxygen atoms in total. The van der Waals surface area contributed by atoms with E-state index in [-0.39, 0.29) is 18.1 Å². The number of aliphatic carboxylic acids is 1. The number of nitrogens with one attached hydrogen (secondary N) is 2. The third-order valence-electron chi connectivity index (χ3n) is 3.91. The van der Waals surface area contributed by atoms with Crippen LogP contribution in [0.25, 0.3) is 5.69 Å². The van der Waals surface area contributed by atoms with Gasteiger partial charge in [-0.15, -0.1) is 5.10 Å². The SMILES string of the molecule is O=C(CNC(Cc1cccnc1)C(=O)O)Nc1cc(Cl)ccc1-n1cc(Cl)nn1. The van der Waals surface area contributed by atoms with E-state index in [1.165, 1.54) is 10.9 Å². The van der Waals surface area contributed by atoms with E-state index >= 15 is 0 Å². The second-order valence-electron chi connectivity index (χ2n) is 6.03. The van der Waals surface area contributed by atoms with Gasteiger partial charge in [0.1, 0.15) is 6.04 Å². The van der Waals surface area contributed by atoms with Gasteiger partial charge in [-0.1, -0.05) is 34.5 Å². The van der Waals surface area contributed by atoms with Gasteiger partial charge in [0.05, 0.1) is 24.1 Å². The van der Waals surface area contributed by atoms with Crippen LogP contribution < -0.4 is 10.6 Å². The van der Waals surface area contributed by atoms with Gasteiger partial charge in [-0.05, 0) is 36.2 Å². The molecule has 0 fully saturated rings. The topological polar surface area (TPSA) is 122 Å². The van der Waals surface area contributed by atoms with Crippen molar-refractivity contribution in [2.24, 2.45) is 0 Å². The lowest BCUT2D eigenvalue weighted by atomic mass is 10.1. The molecule has 0 aliphatic rings. The predicted molar refractivity (Wildman–Crippen MR) is 107 cm³/mol. The van der Waals surface area contributed by atoms with Crippen LogP contribution in [0.5, 0.6) is 0 Å². The summed E-state index contributed by atoms with van der Waals surface area (Å²) in [5.41, 5.74) is 1.63. The lowest BCUT2D eigenvalue weighted by molar-refractivity contribution is -0.139. The minimum absolute atomic E-state index is 0.191. The van der Waals surface area contributed by atoms with Gasteiger partial charge in [-0.25, -0.2) is 4.68 Å². The molecule has 0 radical (unpaired) electrons. The number of pyridine rings is 1. The number of hydrogen-bond acceptors (Lipinski definition) is 6. The van der Waals surface area contributed by atoms with Crippen molar-refractivity contribution >= 4 is 40.8 Å². The Morgan fingerprint density at radius 2 is 2.07 bits per heavy atom. The smallest absolute Gasteiger partial charge is 0.321 e. The molecule has 3 N–H and O–H groups in total. The van der Waals surface area contributed by atoms with E-state index in [1.54, 1.807) is 42.7 Å². The zero-order valence-corrected chi connectivity index (χ0v) is 16.4. The minimum atomic E-state index is -1.07. The van der Waals surface area contributed by atoms with Crippen molar-refractivity contribution in [1.82, 2.24) is 25.3 Å². The van der Waals surface area contributed by atoms with Gasteiger partial charge in [0.15, 0.2) is 5.15 Å². The van der Waals surface area contributed by atoms with Crippen LogP contribution in [-0.2, 0) is 16.0 Å². The molecule has 1 unspecified atom stereocenters. The maximum atomic E-state index is 12.4. The molecule has 0 aliphatic carbocycles. The first-order valence-electron chi connectivity index (χ1n) is 8.45. The van der Waals surface area contributed by atoms with Crippen molar-refractivity contribution in [2.75, 3.05) is 11.9 Å². The van der Waals surface area contributed by atoms with Gasteiger partial charge in [-0.2, -0.15) is 0 Å². The monoisotopic (exact) mass is 434 g/mol. The Morgan fingerprint density at radius 3 is 2.72 bits per heavy atom. The van der Waals surface area contributed by atoms with Gasteiger partial charge in [0, 0.05) is 17.4 Å². The summed E-state index contributed by atoms with van der Waals surface area (Å²) in [6, 6.07) is 7.38. The highest BCUT2D eigenvalue weighted by atomic mass is 35.5. The molecule has 11 heteroatoms. The quantitative estimate of drug-likeness (QED) is 0.496. The molecule has 2 heterocycles. The first-order chi connectivity index (χ1) is 13.9. The number of hydrogen-bond donors (Lipinski definition) is 3. The fourth-order valence-corrected chi connectivity index (χ4v) is 2.88. The molecule has 0 bridgehead atoms. The summed E-state index contributed by atoms with van der Waals surface area (Å²) < 4.78 is 1.39. The van der Waals surface area contributed by atoms with Crippen molar-refractivity contribution in [3.05, 3.63) is 64.7 Å². The third kappa shape index (κ3) is 5.74. The fraction of sp³-hybridized carbons (Fsp3) is 0.167. The average Bonchev–Trinajstić information content (AvgIpc) is 3.12. The summed E-state index contributed by atoms with van der Waals surface area (Å²) in [4.78, 5) is 27.9. The second-order valence-corrected chi connectivity index (χ2v) is 6.86. The Balaban J connectivity index is 1.67. The molecule has 1 amide bonds. The normalized spacial score (nSPS) is 11.8. The van der Waals surface area contributed by atoms with E-state index in [0.717, 1.165) is 5.56 Å². The number of anilines is 1. The number of halogens is 2. The molecule has 1 aromatic carbocycles. The highest BCUT2D eigenvalue weighted by Gasteiger charge is 2.19. The molecule has 3 rings (SSSR count). The number of nitrogens with zero attached hydrogens (tertiary/aromatic N) is 4. The zero-order chi connectivity index (χ0) is 20.8. The zero-order valence-electron chi connectivity index (χ0n) is 14.9. The van der Waals surface area contributed by atoms with E-state index in [0.29, 0.717) is 16.4 Å². The van der Waals surface area contributed by atoms with Crippen LogP contribution in [0.1, 0.15) is 5.56 Å². The fourth-order valence-electron chi connectivity index (χ4n) is 2.58. The standard InChI is InChI=1S/C18H16Cl2N6O3/c19-12-3-4-15(26-10-16(20)24-25-26)13(7-12)23-17(27)9-22-14(18(28)29)6-11-2-1-5-21-8-11/h1-5,7-8,10,14,22H,6,9H2,(H,23,27)(H,28,29). The van der Waals surface area contributed by atoms with Crippen molar-refractivity contribution in [2.45, 2.75) is 12.5 Å². The number of benzene rings is 1. The average molecular weight is 435 g/mol. The molecular formula is C18H16Cl2N6O3. The molecule has 0 saturated carbocycles. The molecular weight excluding hydrogens is 419 g/mol. The van der Waals surface area contributed by atoms with E-state index in [1.807, 2.05) is 0 Å². The van der Waals surface area contributed by atoms with Crippen LogP contribution in [0, 0.1) is 0 Å². The molecule has 0 spiro atoms. The summed E-state index contributed by atoms with van der Waals surface area (Å²) in [5.74, 6) is -1.51. The molecule has 2 aromatic heterocycles. The highest BCUT2D eigenvalue weighted by molar-refractivity contribution is 6.31. The van der Waals surface area contributed by atoms with Crippen LogP contribution in [0.15, 0.2) is 48.9 Å². The first kappa shape index (κ1) is 20.7. The molecule has 29 heavy (non-hydrogen) atoms. The summed E-state index contributed by atoms with van der Waals surface area (Å²) in [6.07, 6.45) is 4.85. The number of rotatable bonds is 8. The van der Waals surface area contributed by atoms with Gasteiger partial charge < -0.3 is 10.4 Å². The van der Waals surface area contributed by atoms with Crippen LogP contribution in [-0.4, -0.2) is 49.5 Å². The molecule has 0 saturated heterocycles. The van der Waals surface area contributed by atoms with Crippen LogP contribution >= 0.6 is 23.2 Å². The number of carbonyl (C=O) groups excluding carboxylic acids is 1. The second kappa shape index (κ2) is 9.46. The largest absolute Gasteiger partial charge is 0.480 e. The van der Waals surface area contributed by atoms with Gasteiger partial charge in [0.2, 0.25) is 5.91 Å². The Morgan fingerprint density at radius 1 is 1.24 bits per heavy atom. The Labute approximate surface area is 175 Å². The van der Waals surface area contributed by atoms with Crippen LogP contribution in [0.2, 0.25) is 10.2 Å². The van der Waals surface area contributed by atoms with Crippen molar-refractivity contribution in [1.29, 1.82) is 0 Å². The minimum Gasteiger partial charge on any atom is -0.480 e. The predicted octanol–water partition coefficient (Wildman–Crippen LogP) is 2.19. The van der Waals surface area contributed by atoms with Crippen LogP contribution in [0.3, 0.4) is 0 Å².